The van der Waals surface area contributed by atoms with Gasteiger partial charge in [-0.15, -0.1) is 5.10 Å². The van der Waals surface area contributed by atoms with Crippen molar-refractivity contribution in [1.82, 2.24) is 34.7 Å². The van der Waals surface area contributed by atoms with Gasteiger partial charge in [-0.25, -0.2) is 4.98 Å². The number of rotatable bonds is 4. The van der Waals surface area contributed by atoms with Gasteiger partial charge in [0.1, 0.15) is 12.2 Å². The lowest BCUT2D eigenvalue weighted by atomic mass is 10.0. The average molecular weight is 455 g/mol. The largest absolute Gasteiger partial charge is 0.340 e. The number of hydrogen-bond acceptors (Lipinski definition) is 5. The number of hydrogen-bond donors (Lipinski definition) is 1. The number of nitrogens with one attached hydrogen (secondary N) is 1. The fourth-order valence-corrected chi connectivity index (χ4v) is 4.61. The molecule has 0 aliphatic carbocycles. The van der Waals surface area contributed by atoms with E-state index in [4.69, 9.17) is 11.6 Å². The van der Waals surface area contributed by atoms with Crippen LogP contribution in [-0.4, -0.2) is 34.7 Å². The Hall–Kier alpha value is -4.04. The quantitative estimate of drug-likeness (QED) is 0.445. The van der Waals surface area contributed by atoms with Gasteiger partial charge in [-0.1, -0.05) is 35.9 Å². The highest BCUT2D eigenvalue weighted by Gasteiger charge is 2.28. The molecular formula is C24H17ClN7O. The van der Waals surface area contributed by atoms with Crippen LogP contribution >= 0.6 is 11.6 Å². The molecule has 1 atom stereocenters. The van der Waals surface area contributed by atoms with Crippen LogP contribution in [0, 0.1) is 6.07 Å². The van der Waals surface area contributed by atoms with Crippen LogP contribution in [0.4, 0.5) is 0 Å². The van der Waals surface area contributed by atoms with Gasteiger partial charge in [0, 0.05) is 22.3 Å². The van der Waals surface area contributed by atoms with Gasteiger partial charge >= 0.3 is 0 Å². The van der Waals surface area contributed by atoms with E-state index in [1.807, 2.05) is 53.2 Å². The summed E-state index contributed by atoms with van der Waals surface area (Å²) in [7, 11) is 0. The lowest BCUT2D eigenvalue weighted by Crippen LogP contribution is -2.23. The molecule has 9 heteroatoms. The average Bonchev–Trinajstić information content (AvgIpc) is 3.60. The minimum Gasteiger partial charge on any atom is -0.340 e. The molecule has 0 saturated heterocycles. The first kappa shape index (κ1) is 19.6. The summed E-state index contributed by atoms with van der Waals surface area (Å²) in [4.78, 5) is 21.3. The number of tetrazole rings is 1. The summed E-state index contributed by atoms with van der Waals surface area (Å²) in [6, 6.07) is 19.7. The Labute approximate surface area is 193 Å². The maximum atomic E-state index is 13.3. The Morgan fingerprint density at radius 1 is 1.09 bits per heavy atom. The van der Waals surface area contributed by atoms with Crippen LogP contribution < -0.4 is 5.56 Å². The summed E-state index contributed by atoms with van der Waals surface area (Å²) in [6.45, 7) is 0. The van der Waals surface area contributed by atoms with Gasteiger partial charge in [-0.05, 0) is 64.7 Å². The van der Waals surface area contributed by atoms with Crippen molar-refractivity contribution < 1.29 is 0 Å². The van der Waals surface area contributed by atoms with Crippen molar-refractivity contribution in [2.75, 3.05) is 0 Å². The summed E-state index contributed by atoms with van der Waals surface area (Å²) < 4.78 is 3.39. The fraction of sp³-hybridized carbons (Fsp3) is 0.125. The van der Waals surface area contributed by atoms with E-state index in [0.29, 0.717) is 5.02 Å². The van der Waals surface area contributed by atoms with Crippen LogP contribution in [0.5, 0.6) is 0 Å². The zero-order chi connectivity index (χ0) is 22.4. The van der Waals surface area contributed by atoms with E-state index < -0.39 is 0 Å². The summed E-state index contributed by atoms with van der Waals surface area (Å²) in [5.74, 6) is 0.781. The highest BCUT2D eigenvalue weighted by atomic mass is 35.5. The smallest absolute Gasteiger partial charge is 0.252 e. The van der Waals surface area contributed by atoms with Gasteiger partial charge in [-0.2, -0.15) is 4.68 Å². The minimum absolute atomic E-state index is 0.0834. The van der Waals surface area contributed by atoms with Crippen molar-refractivity contribution in [3.63, 3.8) is 0 Å². The fourth-order valence-electron chi connectivity index (χ4n) is 4.44. The van der Waals surface area contributed by atoms with Crippen molar-refractivity contribution in [1.29, 1.82) is 0 Å². The number of aromatic amines is 1. The zero-order valence-electron chi connectivity index (χ0n) is 17.3. The maximum absolute atomic E-state index is 13.3. The third-order valence-electron chi connectivity index (χ3n) is 5.94. The number of aromatic nitrogens is 7. The number of H-pyrrole nitrogens is 1. The minimum atomic E-state index is -0.135. The van der Waals surface area contributed by atoms with Gasteiger partial charge in [0.25, 0.3) is 5.56 Å². The van der Waals surface area contributed by atoms with Gasteiger partial charge in [0.05, 0.1) is 23.6 Å². The highest BCUT2D eigenvalue weighted by molar-refractivity contribution is 6.31. The molecule has 1 N–H and O–H groups in total. The van der Waals surface area contributed by atoms with E-state index in [2.05, 4.69) is 31.6 Å². The molecule has 0 amide bonds. The molecule has 1 radical (unpaired) electrons. The number of pyridine rings is 1. The monoisotopic (exact) mass is 454 g/mol. The van der Waals surface area contributed by atoms with Crippen molar-refractivity contribution in [3.05, 3.63) is 100 Å². The Morgan fingerprint density at radius 3 is 2.79 bits per heavy atom. The predicted molar refractivity (Wildman–Crippen MR) is 123 cm³/mol. The van der Waals surface area contributed by atoms with Crippen molar-refractivity contribution in [2.45, 2.75) is 18.9 Å². The second kappa shape index (κ2) is 7.83. The normalized spacial score (nSPS) is 15.0. The topological polar surface area (TPSA) is 94.3 Å². The molecule has 161 valence electrons. The second-order valence-corrected chi connectivity index (χ2v) is 8.32. The number of benzene rings is 2. The standard InChI is InChI=1S/C24H17ClN7O/c25-17-6-8-21(31-14-27-29-30-31)19(12-17)16-10-18-7-9-22(32(18)23(33)11-16)24-26-13-20(28-24)15-4-2-1-3-5-15/h2-6,8,10-14,22H,7,9H2,(H,26,28)/t22-/m1/s1. The van der Waals surface area contributed by atoms with Crippen molar-refractivity contribution >= 4 is 11.6 Å². The van der Waals surface area contributed by atoms with Crippen LogP contribution in [0.25, 0.3) is 28.1 Å². The molecule has 1 aliphatic rings. The van der Waals surface area contributed by atoms with Crippen LogP contribution in [0.3, 0.4) is 0 Å². The molecule has 0 fully saturated rings. The predicted octanol–water partition coefficient (Wildman–Crippen LogP) is 3.87. The van der Waals surface area contributed by atoms with Gasteiger partial charge in [0.15, 0.2) is 0 Å². The number of imidazole rings is 1. The summed E-state index contributed by atoms with van der Waals surface area (Å²) in [6.07, 6.45) is 4.89. The van der Waals surface area contributed by atoms with E-state index in [9.17, 15) is 4.79 Å². The third-order valence-corrected chi connectivity index (χ3v) is 6.17. The van der Waals surface area contributed by atoms with Crippen molar-refractivity contribution in [2.24, 2.45) is 0 Å². The van der Waals surface area contributed by atoms with E-state index >= 15 is 0 Å². The molecule has 6 rings (SSSR count). The molecule has 0 bridgehead atoms. The summed E-state index contributed by atoms with van der Waals surface area (Å²) in [5.41, 5.74) is 5.14. The Balaban J connectivity index is 1.40. The number of nitrogens with zero attached hydrogens (tertiary/aromatic N) is 6. The van der Waals surface area contributed by atoms with Crippen LogP contribution in [0.1, 0.15) is 24.0 Å². The maximum Gasteiger partial charge on any atom is 0.252 e. The van der Waals surface area contributed by atoms with Gasteiger partial charge < -0.3 is 9.55 Å². The SMILES string of the molecule is O=c1cc(-c2cc(Cl)ccc2-n2cnnn2)cc2n1[C@@H](c1ncc(-c3cc[c]cc3)[nH]1)CC2. The molecule has 0 unspecified atom stereocenters. The number of halogens is 1. The highest BCUT2D eigenvalue weighted by Crippen LogP contribution is 2.34. The zero-order valence-corrected chi connectivity index (χ0v) is 18.1. The first-order valence-electron chi connectivity index (χ1n) is 10.5. The Kier molecular flexibility index (Phi) is 4.66. The molecule has 3 aromatic heterocycles. The molecule has 0 spiro atoms. The van der Waals surface area contributed by atoms with Gasteiger partial charge in [-0.3, -0.25) is 4.79 Å². The number of aryl methyl sites for hydroxylation is 1. The first-order chi connectivity index (χ1) is 16.2. The molecule has 2 aromatic carbocycles. The summed E-state index contributed by atoms with van der Waals surface area (Å²) in [5, 5.41) is 12.0. The van der Waals surface area contributed by atoms with Crippen molar-refractivity contribution in [3.8, 4) is 28.1 Å². The van der Waals surface area contributed by atoms with E-state index in [1.54, 1.807) is 16.8 Å². The third kappa shape index (κ3) is 3.44. The Morgan fingerprint density at radius 2 is 1.97 bits per heavy atom. The molecular weight excluding hydrogens is 438 g/mol. The van der Waals surface area contributed by atoms with Crippen LogP contribution in [0.15, 0.2) is 71.9 Å². The Bertz CT molecular complexity index is 1510. The van der Waals surface area contributed by atoms with Crippen LogP contribution in [0.2, 0.25) is 5.02 Å². The van der Waals surface area contributed by atoms with Gasteiger partial charge in [0.2, 0.25) is 0 Å². The number of fused-ring (bicyclic) bond motifs is 1. The van der Waals surface area contributed by atoms with E-state index in [-0.39, 0.29) is 11.6 Å². The lowest BCUT2D eigenvalue weighted by molar-refractivity contribution is 0.572. The second-order valence-electron chi connectivity index (χ2n) is 7.88. The van der Waals surface area contributed by atoms with E-state index in [0.717, 1.165) is 52.4 Å². The molecule has 5 aromatic rings. The summed E-state index contributed by atoms with van der Waals surface area (Å²) >= 11 is 6.28. The molecule has 0 saturated carbocycles. The lowest BCUT2D eigenvalue weighted by Gasteiger charge is -2.15. The molecule has 4 heterocycles. The molecule has 8 nitrogen and oxygen atoms in total. The molecule has 1 aliphatic heterocycles. The molecule has 33 heavy (non-hydrogen) atoms. The first-order valence-corrected chi connectivity index (χ1v) is 10.9. The van der Waals surface area contributed by atoms with Crippen LogP contribution in [-0.2, 0) is 6.42 Å². The van der Waals surface area contributed by atoms with E-state index in [1.165, 1.54) is 6.33 Å².